The molecule has 110 valence electrons. The Hall–Kier alpha value is -1.94. The summed E-state index contributed by atoms with van der Waals surface area (Å²) in [4.78, 5) is 0.0456. The molecule has 0 aromatic heterocycles. The average molecular weight is 303 g/mol. The molecule has 4 heteroatoms. The van der Waals surface area contributed by atoms with Gasteiger partial charge in [0.25, 0.3) is 0 Å². The highest BCUT2D eigenvalue weighted by atomic mass is 32.1. The Labute approximate surface area is 129 Å². The van der Waals surface area contributed by atoms with Gasteiger partial charge in [-0.05, 0) is 49.6 Å². The van der Waals surface area contributed by atoms with Crippen LogP contribution >= 0.6 is 12.2 Å². The van der Waals surface area contributed by atoms with Crippen molar-refractivity contribution in [1.82, 2.24) is 0 Å². The summed E-state index contributed by atoms with van der Waals surface area (Å²) >= 11 is 4.78. The van der Waals surface area contributed by atoms with Crippen LogP contribution in [0.3, 0.4) is 0 Å². The van der Waals surface area contributed by atoms with E-state index in [0.717, 1.165) is 5.56 Å². The predicted octanol–water partition coefficient (Wildman–Crippen LogP) is 3.96. The molecule has 21 heavy (non-hydrogen) atoms. The molecule has 0 aliphatic rings. The largest absolute Gasteiger partial charge is 0.489 e. The maximum Gasteiger partial charge on any atom is 0.137 e. The Bertz CT molecular complexity index is 674. The van der Waals surface area contributed by atoms with E-state index in [1.807, 2.05) is 0 Å². The maximum absolute atomic E-state index is 13.8. The zero-order chi connectivity index (χ0) is 15.6. The van der Waals surface area contributed by atoms with Gasteiger partial charge < -0.3 is 10.5 Å². The first kappa shape index (κ1) is 15.4. The fourth-order valence-corrected chi connectivity index (χ4v) is 2.54. The molecule has 2 aromatic carbocycles. The number of ether oxygens (including phenoxy) is 1. The van der Waals surface area contributed by atoms with Gasteiger partial charge in [-0.15, -0.1) is 0 Å². The second-order valence-electron chi connectivity index (χ2n) is 5.17. The first-order chi connectivity index (χ1) is 9.88. The van der Waals surface area contributed by atoms with Crippen LogP contribution in [0.15, 0.2) is 30.3 Å². The molecule has 0 fully saturated rings. The van der Waals surface area contributed by atoms with Gasteiger partial charge in [-0.3, -0.25) is 0 Å². The van der Waals surface area contributed by atoms with Crippen LogP contribution in [0, 0.1) is 26.6 Å². The van der Waals surface area contributed by atoms with Crippen LogP contribution in [-0.2, 0) is 6.61 Å². The Morgan fingerprint density at radius 1 is 1.14 bits per heavy atom. The number of benzene rings is 2. The zero-order valence-corrected chi connectivity index (χ0v) is 13.2. The number of thiocarbonyl (C=S) groups is 1. The molecule has 0 spiro atoms. The summed E-state index contributed by atoms with van der Waals surface area (Å²) in [5.74, 6) is 0.00391. The summed E-state index contributed by atoms with van der Waals surface area (Å²) in [6.07, 6.45) is 0. The van der Waals surface area contributed by atoms with E-state index >= 15 is 0 Å². The van der Waals surface area contributed by atoms with Crippen molar-refractivity contribution >= 4 is 17.2 Å². The number of hydrogen-bond donors (Lipinski definition) is 1. The standard InChI is InChI=1S/C17H18FNOS/c1-10-6-11(2)15(12(3)7-10)9-20-13-4-5-14(17(19)21)16(18)8-13/h4-8H,9H2,1-3H3,(H2,19,21). The molecule has 0 atom stereocenters. The number of hydrogen-bond acceptors (Lipinski definition) is 2. The molecular weight excluding hydrogens is 285 g/mol. The minimum absolute atomic E-state index is 0.0456. The third-order valence-corrected chi connectivity index (χ3v) is 3.65. The lowest BCUT2D eigenvalue weighted by atomic mass is 10.0. The summed E-state index contributed by atoms with van der Waals surface area (Å²) in [6.45, 7) is 6.57. The second kappa shape index (κ2) is 6.22. The summed E-state index contributed by atoms with van der Waals surface area (Å²) in [5, 5.41) is 0. The summed E-state index contributed by atoms with van der Waals surface area (Å²) in [5.41, 5.74) is 10.4. The van der Waals surface area contributed by atoms with Gasteiger partial charge >= 0.3 is 0 Å². The minimum Gasteiger partial charge on any atom is -0.489 e. The molecule has 2 rings (SSSR count). The zero-order valence-electron chi connectivity index (χ0n) is 12.4. The topological polar surface area (TPSA) is 35.2 Å². The molecule has 0 saturated carbocycles. The molecule has 0 aliphatic carbocycles. The Kier molecular flexibility index (Phi) is 4.58. The number of nitrogens with two attached hydrogens (primary N) is 1. The van der Waals surface area contributed by atoms with Gasteiger partial charge in [-0.25, -0.2) is 4.39 Å². The predicted molar refractivity (Wildman–Crippen MR) is 87.3 cm³/mol. The van der Waals surface area contributed by atoms with Crippen molar-refractivity contribution in [2.45, 2.75) is 27.4 Å². The molecule has 2 nitrogen and oxygen atoms in total. The minimum atomic E-state index is -0.461. The van der Waals surface area contributed by atoms with Crippen LogP contribution in [0.2, 0.25) is 0 Å². The average Bonchev–Trinajstić information content (AvgIpc) is 2.36. The van der Waals surface area contributed by atoms with E-state index < -0.39 is 5.82 Å². The van der Waals surface area contributed by atoms with Crippen molar-refractivity contribution in [3.05, 3.63) is 64.0 Å². The number of aryl methyl sites for hydroxylation is 3. The molecule has 0 aliphatic heterocycles. The van der Waals surface area contributed by atoms with E-state index in [1.165, 1.54) is 22.8 Å². The number of halogens is 1. The van der Waals surface area contributed by atoms with Gasteiger partial charge in [0.15, 0.2) is 0 Å². The van der Waals surface area contributed by atoms with Crippen LogP contribution < -0.4 is 10.5 Å². The Morgan fingerprint density at radius 3 is 2.29 bits per heavy atom. The highest BCUT2D eigenvalue weighted by Crippen LogP contribution is 2.21. The van der Waals surface area contributed by atoms with Gasteiger partial charge in [-0.2, -0.15) is 0 Å². The Morgan fingerprint density at radius 2 is 1.76 bits per heavy atom. The fraction of sp³-hybridized carbons (Fsp3) is 0.235. The van der Waals surface area contributed by atoms with E-state index in [2.05, 4.69) is 32.9 Å². The van der Waals surface area contributed by atoms with E-state index in [1.54, 1.807) is 12.1 Å². The van der Waals surface area contributed by atoms with Gasteiger partial charge in [-0.1, -0.05) is 29.9 Å². The smallest absolute Gasteiger partial charge is 0.137 e. The second-order valence-corrected chi connectivity index (χ2v) is 5.61. The molecule has 2 N–H and O–H groups in total. The van der Waals surface area contributed by atoms with Gasteiger partial charge in [0.05, 0.1) is 0 Å². The summed E-state index contributed by atoms with van der Waals surface area (Å²) < 4.78 is 19.5. The van der Waals surface area contributed by atoms with Gasteiger partial charge in [0, 0.05) is 11.6 Å². The van der Waals surface area contributed by atoms with Gasteiger partial charge in [0.1, 0.15) is 23.2 Å². The number of rotatable bonds is 4. The van der Waals surface area contributed by atoms with E-state index in [9.17, 15) is 4.39 Å². The van der Waals surface area contributed by atoms with Crippen molar-refractivity contribution in [2.24, 2.45) is 5.73 Å². The van der Waals surface area contributed by atoms with Crippen LogP contribution in [0.4, 0.5) is 4.39 Å². The third kappa shape index (κ3) is 3.58. The quantitative estimate of drug-likeness (QED) is 0.868. The highest BCUT2D eigenvalue weighted by molar-refractivity contribution is 7.80. The van der Waals surface area contributed by atoms with E-state index in [4.69, 9.17) is 22.7 Å². The van der Waals surface area contributed by atoms with E-state index in [-0.39, 0.29) is 10.6 Å². The lowest BCUT2D eigenvalue weighted by Gasteiger charge is -2.13. The lowest BCUT2D eigenvalue weighted by molar-refractivity contribution is 0.303. The molecule has 0 amide bonds. The molecular formula is C17H18FNOS. The highest BCUT2D eigenvalue weighted by Gasteiger charge is 2.08. The summed E-state index contributed by atoms with van der Waals surface area (Å²) in [7, 11) is 0. The van der Waals surface area contributed by atoms with Crippen LogP contribution in [0.25, 0.3) is 0 Å². The lowest BCUT2D eigenvalue weighted by Crippen LogP contribution is -2.11. The van der Waals surface area contributed by atoms with E-state index in [0.29, 0.717) is 12.4 Å². The van der Waals surface area contributed by atoms with Crippen molar-refractivity contribution < 1.29 is 9.13 Å². The normalized spacial score (nSPS) is 10.5. The molecule has 0 heterocycles. The van der Waals surface area contributed by atoms with Crippen LogP contribution in [0.1, 0.15) is 27.8 Å². The molecule has 0 unspecified atom stereocenters. The van der Waals surface area contributed by atoms with Crippen molar-refractivity contribution in [3.8, 4) is 5.75 Å². The van der Waals surface area contributed by atoms with Crippen molar-refractivity contribution in [3.63, 3.8) is 0 Å². The van der Waals surface area contributed by atoms with Crippen LogP contribution in [0.5, 0.6) is 5.75 Å². The molecule has 0 bridgehead atoms. The Balaban J connectivity index is 2.17. The first-order valence-corrected chi connectivity index (χ1v) is 7.08. The molecule has 2 aromatic rings. The monoisotopic (exact) mass is 303 g/mol. The van der Waals surface area contributed by atoms with Gasteiger partial charge in [0.2, 0.25) is 0 Å². The molecule has 0 saturated heterocycles. The summed E-state index contributed by atoms with van der Waals surface area (Å²) in [6, 6.07) is 8.76. The fourth-order valence-electron chi connectivity index (χ4n) is 2.38. The van der Waals surface area contributed by atoms with Crippen LogP contribution in [-0.4, -0.2) is 4.99 Å². The third-order valence-electron chi connectivity index (χ3n) is 3.43. The first-order valence-electron chi connectivity index (χ1n) is 6.67. The molecule has 0 radical (unpaired) electrons. The maximum atomic E-state index is 13.8. The van der Waals surface area contributed by atoms with Crippen molar-refractivity contribution in [2.75, 3.05) is 0 Å². The van der Waals surface area contributed by atoms with Crippen molar-refractivity contribution in [1.29, 1.82) is 0 Å². The SMILES string of the molecule is Cc1cc(C)c(COc2ccc(C(N)=S)c(F)c2)c(C)c1.